The van der Waals surface area contributed by atoms with E-state index in [1.807, 2.05) is 0 Å². The Bertz CT molecular complexity index is 1230. The van der Waals surface area contributed by atoms with E-state index in [-0.39, 0.29) is 6.61 Å². The highest BCUT2D eigenvalue weighted by molar-refractivity contribution is 6.67. The van der Waals surface area contributed by atoms with Crippen LogP contribution in [0.1, 0.15) is 5.56 Å². The molecule has 0 spiro atoms. The maximum absolute atomic E-state index is 12.8. The van der Waals surface area contributed by atoms with Crippen LogP contribution in [0, 0.1) is 0 Å². The summed E-state index contributed by atoms with van der Waals surface area (Å²) >= 11 is 16.4. The molecule has 2 amide bonds. The largest absolute Gasteiger partial charge is 0.508 e. The number of benzene rings is 2. The van der Waals surface area contributed by atoms with Gasteiger partial charge in [-0.1, -0.05) is 83.3 Å². The molecule has 0 aliphatic carbocycles. The van der Waals surface area contributed by atoms with Crippen LogP contribution in [0.4, 0.5) is 4.79 Å². The highest BCUT2D eigenvalue weighted by atomic mass is 35.6. The summed E-state index contributed by atoms with van der Waals surface area (Å²) in [6, 6.07) is 15.3. The summed E-state index contributed by atoms with van der Waals surface area (Å²) in [7, 11) is 0. The van der Waals surface area contributed by atoms with Gasteiger partial charge in [0.1, 0.15) is 19.0 Å². The number of ether oxygens (including phenoxy) is 5. The molecule has 2 aromatic rings. The van der Waals surface area contributed by atoms with Crippen LogP contribution in [0.3, 0.4) is 0 Å². The number of hydrogen-bond donors (Lipinski definition) is 2. The van der Waals surface area contributed by atoms with Crippen LogP contribution >= 0.6 is 34.8 Å². The number of likely N-dealkylation sites (tertiary alicyclic amines) is 1. The molecule has 1 aliphatic rings. The van der Waals surface area contributed by atoms with E-state index in [0.29, 0.717) is 16.2 Å². The Morgan fingerprint density at radius 1 is 0.927 bits per heavy atom. The predicted molar refractivity (Wildman–Crippen MR) is 140 cm³/mol. The minimum Gasteiger partial charge on any atom is -0.484 e. The minimum absolute atomic E-state index is 0.218. The van der Waals surface area contributed by atoms with Crippen LogP contribution in [0.2, 0.25) is 0 Å². The van der Waals surface area contributed by atoms with Crippen molar-refractivity contribution in [2.24, 2.45) is 0 Å². The second-order valence-corrected chi connectivity index (χ2v) is 10.7. The first-order valence-electron chi connectivity index (χ1n) is 11.7. The molecule has 0 bridgehead atoms. The van der Waals surface area contributed by atoms with Gasteiger partial charge in [0.15, 0.2) is 19.3 Å². The number of rotatable bonds is 12. The van der Waals surface area contributed by atoms with Crippen molar-refractivity contribution in [2.75, 3.05) is 19.8 Å². The normalized spacial score (nSPS) is 17.0. The van der Waals surface area contributed by atoms with E-state index >= 15 is 0 Å². The standard InChI is InChI=1S/C25H23Cl3N2O11/c26-25(27,28)14-40-24(36)39-13-18(32)41-22-19(29-17(31)12-37-16-9-5-2-6-10-16)20(33)30(22)21(34)23(35)38-11-15-7-3-1-4-8-15/h1-10,19,21-22,34H,11-14H2,(H,29,31). The maximum Gasteiger partial charge on any atom is 0.508 e. The zero-order valence-corrected chi connectivity index (χ0v) is 23.2. The fraction of sp³-hybridized carbons (Fsp3) is 0.320. The zero-order chi connectivity index (χ0) is 30.0. The molecule has 0 saturated carbocycles. The first-order chi connectivity index (χ1) is 19.4. The summed E-state index contributed by atoms with van der Waals surface area (Å²) in [5.74, 6) is -3.83. The molecule has 13 nitrogen and oxygen atoms in total. The van der Waals surface area contributed by atoms with Crippen molar-refractivity contribution in [3.63, 3.8) is 0 Å². The Balaban J connectivity index is 1.61. The molecule has 1 saturated heterocycles. The van der Waals surface area contributed by atoms with Gasteiger partial charge in [-0.05, 0) is 17.7 Å². The fourth-order valence-electron chi connectivity index (χ4n) is 3.27. The van der Waals surface area contributed by atoms with E-state index in [1.165, 1.54) is 0 Å². The molecular weight excluding hydrogens is 611 g/mol. The summed E-state index contributed by atoms with van der Waals surface area (Å²) in [5, 5.41) is 12.8. The first-order valence-corrected chi connectivity index (χ1v) is 12.8. The van der Waals surface area contributed by atoms with Gasteiger partial charge in [0.05, 0.1) is 0 Å². The van der Waals surface area contributed by atoms with Crippen LogP contribution in [-0.4, -0.2) is 82.0 Å². The molecule has 1 heterocycles. The Morgan fingerprint density at radius 3 is 2.20 bits per heavy atom. The Labute approximate surface area is 248 Å². The van der Waals surface area contributed by atoms with Crippen LogP contribution < -0.4 is 10.1 Å². The van der Waals surface area contributed by atoms with Gasteiger partial charge in [0.25, 0.3) is 11.8 Å². The van der Waals surface area contributed by atoms with Gasteiger partial charge in [-0.2, -0.15) is 0 Å². The molecule has 16 heteroatoms. The van der Waals surface area contributed by atoms with Crippen molar-refractivity contribution in [1.29, 1.82) is 0 Å². The molecule has 1 fully saturated rings. The molecule has 2 N–H and O–H groups in total. The van der Waals surface area contributed by atoms with E-state index in [1.54, 1.807) is 60.7 Å². The molecule has 3 atom stereocenters. The number of para-hydroxylation sites is 1. The van der Waals surface area contributed by atoms with E-state index in [0.717, 1.165) is 0 Å². The van der Waals surface area contributed by atoms with Gasteiger partial charge >= 0.3 is 18.1 Å². The molecule has 1 aliphatic heterocycles. The molecule has 2 aromatic carbocycles. The lowest BCUT2D eigenvalue weighted by molar-refractivity contribution is -0.221. The average molecular weight is 634 g/mol. The molecule has 41 heavy (non-hydrogen) atoms. The van der Waals surface area contributed by atoms with Crippen molar-refractivity contribution in [2.45, 2.75) is 28.9 Å². The van der Waals surface area contributed by atoms with Crippen LogP contribution in [0.25, 0.3) is 0 Å². The fourth-order valence-corrected chi connectivity index (χ4v) is 3.43. The number of carbonyl (C=O) groups excluding carboxylic acids is 5. The quantitative estimate of drug-likeness (QED) is 0.152. The third-order valence-electron chi connectivity index (χ3n) is 5.12. The van der Waals surface area contributed by atoms with E-state index in [9.17, 15) is 29.1 Å². The third kappa shape index (κ3) is 9.97. The van der Waals surface area contributed by atoms with Crippen molar-refractivity contribution < 1.29 is 52.8 Å². The lowest BCUT2D eigenvalue weighted by Gasteiger charge is -2.46. The molecule has 220 valence electrons. The number of halogens is 3. The van der Waals surface area contributed by atoms with Crippen LogP contribution in [-0.2, 0) is 44.7 Å². The number of β-lactam (4-membered cyclic amide) rings is 1. The van der Waals surface area contributed by atoms with Crippen molar-refractivity contribution in [3.8, 4) is 5.75 Å². The number of aliphatic hydroxyl groups is 1. The predicted octanol–water partition coefficient (Wildman–Crippen LogP) is 1.85. The number of nitrogens with one attached hydrogen (secondary N) is 1. The summed E-state index contributed by atoms with van der Waals surface area (Å²) in [6.45, 7) is -2.42. The van der Waals surface area contributed by atoms with E-state index < -0.39 is 72.0 Å². The number of esters is 2. The van der Waals surface area contributed by atoms with Gasteiger partial charge in [0.2, 0.25) is 16.2 Å². The number of aliphatic hydroxyl groups excluding tert-OH is 1. The number of amides is 2. The number of alkyl halides is 3. The average Bonchev–Trinajstić information content (AvgIpc) is 2.95. The van der Waals surface area contributed by atoms with Gasteiger partial charge in [-0.15, -0.1) is 0 Å². The summed E-state index contributed by atoms with van der Waals surface area (Å²) in [6.07, 6.45) is -5.26. The topological polar surface area (TPSA) is 167 Å². The zero-order valence-electron chi connectivity index (χ0n) is 20.9. The number of hydrogen-bond acceptors (Lipinski definition) is 11. The van der Waals surface area contributed by atoms with E-state index in [4.69, 9.17) is 49.0 Å². The highest BCUT2D eigenvalue weighted by Crippen LogP contribution is 2.27. The van der Waals surface area contributed by atoms with Crippen molar-refractivity contribution in [3.05, 3.63) is 66.2 Å². The van der Waals surface area contributed by atoms with Gasteiger partial charge in [-0.3, -0.25) is 14.5 Å². The summed E-state index contributed by atoms with van der Waals surface area (Å²) in [5.41, 5.74) is 0.605. The van der Waals surface area contributed by atoms with Gasteiger partial charge < -0.3 is 34.1 Å². The third-order valence-corrected chi connectivity index (χ3v) is 5.45. The minimum atomic E-state index is -2.20. The number of nitrogens with zero attached hydrogens (tertiary/aromatic N) is 1. The van der Waals surface area contributed by atoms with Crippen molar-refractivity contribution >= 4 is 64.7 Å². The van der Waals surface area contributed by atoms with Gasteiger partial charge in [0, 0.05) is 0 Å². The van der Waals surface area contributed by atoms with Crippen LogP contribution in [0.5, 0.6) is 5.75 Å². The molecule has 0 radical (unpaired) electrons. The lowest BCUT2D eigenvalue weighted by atomic mass is 10.0. The maximum atomic E-state index is 12.8. The second kappa shape index (κ2) is 14.7. The molecule has 0 aromatic heterocycles. The molecule has 3 rings (SSSR count). The first kappa shape index (κ1) is 31.7. The van der Waals surface area contributed by atoms with E-state index in [2.05, 4.69) is 14.8 Å². The molecular formula is C25H23Cl3N2O11. The van der Waals surface area contributed by atoms with Crippen molar-refractivity contribution in [1.82, 2.24) is 10.2 Å². The lowest BCUT2D eigenvalue weighted by Crippen LogP contribution is -2.75. The van der Waals surface area contributed by atoms with Gasteiger partial charge in [-0.25, -0.2) is 14.4 Å². The summed E-state index contributed by atoms with van der Waals surface area (Å²) < 4.78 is 22.6. The Kier molecular flexibility index (Phi) is 11.4. The molecule has 3 unspecified atom stereocenters. The number of carbonyl (C=O) groups is 5. The van der Waals surface area contributed by atoms with Crippen LogP contribution in [0.15, 0.2) is 60.7 Å². The highest BCUT2D eigenvalue weighted by Gasteiger charge is 2.55. The Hall–Kier alpha value is -3.78. The monoisotopic (exact) mass is 632 g/mol. The Morgan fingerprint density at radius 2 is 1.56 bits per heavy atom. The summed E-state index contributed by atoms with van der Waals surface area (Å²) in [4.78, 5) is 62.1. The SMILES string of the molecule is O=C(COc1ccccc1)NC1C(=O)N(C(O)C(=O)OCc2ccccc2)C1OC(=O)COC(=O)OCC(Cl)(Cl)Cl. The second-order valence-electron chi connectivity index (χ2n) is 8.18. The smallest absolute Gasteiger partial charge is 0.484 e.